The fraction of sp³-hybridized carbons (Fsp3) is 0.257. The van der Waals surface area contributed by atoms with Crippen LogP contribution in [0.2, 0.25) is 0 Å². The number of hydrogen-bond donors (Lipinski definition) is 4. The minimum Gasteiger partial charge on any atom is -0.356 e. The maximum atomic E-state index is 13.8. The third-order valence-corrected chi connectivity index (χ3v) is 7.81. The number of ketones is 1. The lowest BCUT2D eigenvalue weighted by Crippen LogP contribution is -2.55. The van der Waals surface area contributed by atoms with Gasteiger partial charge in [-0.05, 0) is 42.5 Å². The lowest BCUT2D eigenvalue weighted by Gasteiger charge is -2.27. The van der Waals surface area contributed by atoms with Crippen molar-refractivity contribution < 1.29 is 24.0 Å². The summed E-state index contributed by atoms with van der Waals surface area (Å²) < 4.78 is 0. The first kappa shape index (κ1) is 31.1. The number of fused-ring (bicyclic) bond motifs is 1. The number of Topliss-reactive ketones (excluding diaryl/α,β-unsaturated/α-hetero) is 1. The third-order valence-electron chi connectivity index (χ3n) is 7.81. The Bertz CT molecular complexity index is 1680. The number of aromatic nitrogens is 1. The summed E-state index contributed by atoms with van der Waals surface area (Å²) >= 11 is 0. The largest absolute Gasteiger partial charge is 0.356 e. The molecule has 0 saturated carbocycles. The molecule has 2 heterocycles. The zero-order chi connectivity index (χ0) is 31.6. The van der Waals surface area contributed by atoms with Gasteiger partial charge in [-0.2, -0.15) is 0 Å². The summed E-state index contributed by atoms with van der Waals surface area (Å²) in [7, 11) is 0. The van der Waals surface area contributed by atoms with Crippen molar-refractivity contribution in [2.45, 2.75) is 44.3 Å². The van der Waals surface area contributed by atoms with Crippen molar-refractivity contribution in [2.24, 2.45) is 5.92 Å². The van der Waals surface area contributed by atoms with E-state index in [0.717, 1.165) is 22.9 Å². The number of carbonyl (C=O) groups is 5. The molecule has 1 aliphatic rings. The molecule has 3 aromatic carbocycles. The molecule has 0 unspecified atom stereocenters. The number of amides is 4. The Morgan fingerprint density at radius 2 is 1.49 bits per heavy atom. The fourth-order valence-corrected chi connectivity index (χ4v) is 5.36. The molecule has 1 saturated heterocycles. The number of para-hydroxylation sites is 1. The molecule has 4 N–H and O–H groups in total. The molecule has 4 aromatic rings. The molecule has 0 aliphatic carbocycles. The Morgan fingerprint density at radius 1 is 0.800 bits per heavy atom. The highest BCUT2D eigenvalue weighted by Gasteiger charge is 2.35. The summed E-state index contributed by atoms with van der Waals surface area (Å²) in [5.74, 6) is -3.73. The van der Waals surface area contributed by atoms with Crippen LogP contribution in [0.4, 0.5) is 0 Å². The normalized spacial score (nSPS) is 15.7. The summed E-state index contributed by atoms with van der Waals surface area (Å²) in [6.07, 6.45) is 1.32. The van der Waals surface area contributed by atoms with Crippen LogP contribution in [0.15, 0.2) is 97.1 Å². The zero-order valence-corrected chi connectivity index (χ0v) is 24.7. The van der Waals surface area contributed by atoms with Gasteiger partial charge >= 0.3 is 0 Å². The summed E-state index contributed by atoms with van der Waals surface area (Å²) in [6.45, 7) is 0.660. The summed E-state index contributed by atoms with van der Waals surface area (Å²) in [6, 6.07) is 26.6. The molecule has 45 heavy (non-hydrogen) atoms. The van der Waals surface area contributed by atoms with Gasteiger partial charge in [-0.15, -0.1) is 0 Å². The van der Waals surface area contributed by atoms with E-state index in [0.29, 0.717) is 18.5 Å². The average molecular weight is 606 g/mol. The van der Waals surface area contributed by atoms with Crippen molar-refractivity contribution in [1.29, 1.82) is 0 Å². The second kappa shape index (κ2) is 14.9. The molecular weight excluding hydrogens is 570 g/mol. The molecule has 10 nitrogen and oxygen atoms in total. The zero-order valence-electron chi connectivity index (χ0n) is 24.7. The van der Waals surface area contributed by atoms with Crippen LogP contribution in [-0.2, 0) is 32.1 Å². The molecule has 230 valence electrons. The number of benzene rings is 3. The highest BCUT2D eigenvalue weighted by Crippen LogP contribution is 2.19. The van der Waals surface area contributed by atoms with Gasteiger partial charge in [0, 0.05) is 30.8 Å². The van der Waals surface area contributed by atoms with Gasteiger partial charge in [-0.3, -0.25) is 24.0 Å². The molecule has 5 rings (SSSR count). The molecule has 1 aliphatic heterocycles. The van der Waals surface area contributed by atoms with Gasteiger partial charge in [0.1, 0.15) is 11.7 Å². The van der Waals surface area contributed by atoms with Crippen molar-refractivity contribution in [2.75, 3.05) is 6.54 Å². The number of piperidine rings is 1. The van der Waals surface area contributed by atoms with Gasteiger partial charge < -0.3 is 21.3 Å². The first-order chi connectivity index (χ1) is 21.9. The molecule has 0 radical (unpaired) electrons. The smallest absolute Gasteiger partial charge is 0.289 e. The van der Waals surface area contributed by atoms with E-state index in [1.54, 1.807) is 18.2 Å². The van der Waals surface area contributed by atoms with Crippen LogP contribution in [0.25, 0.3) is 10.9 Å². The number of hydrogen-bond acceptors (Lipinski definition) is 6. The quantitative estimate of drug-likeness (QED) is 0.183. The summed E-state index contributed by atoms with van der Waals surface area (Å²) in [5.41, 5.74) is 2.34. The van der Waals surface area contributed by atoms with Crippen LogP contribution in [0.3, 0.4) is 0 Å². The number of nitrogens with zero attached hydrogens (tertiary/aromatic N) is 1. The van der Waals surface area contributed by atoms with Gasteiger partial charge in [0.2, 0.25) is 17.6 Å². The second-order valence-electron chi connectivity index (χ2n) is 11.1. The van der Waals surface area contributed by atoms with Gasteiger partial charge in [-0.25, -0.2) is 4.98 Å². The van der Waals surface area contributed by atoms with Crippen molar-refractivity contribution in [3.63, 3.8) is 0 Å². The predicted octanol–water partition coefficient (Wildman–Crippen LogP) is 2.86. The Labute approximate surface area is 261 Å². The first-order valence-corrected chi connectivity index (χ1v) is 15.0. The number of rotatable bonds is 12. The first-order valence-electron chi connectivity index (χ1n) is 15.0. The predicted molar refractivity (Wildman–Crippen MR) is 169 cm³/mol. The van der Waals surface area contributed by atoms with Gasteiger partial charge in [0.25, 0.3) is 11.8 Å². The topological polar surface area (TPSA) is 146 Å². The molecule has 4 amide bonds. The SMILES string of the molecule is O=C(NCc1ccccc1)C(=O)[C@H](C[C@@H]1CCCNC1=O)NC(=O)[C@H](Cc1ccccc1)NC(=O)c1ccc2ccccc2n1. The van der Waals surface area contributed by atoms with Crippen LogP contribution in [0.1, 0.15) is 40.9 Å². The monoisotopic (exact) mass is 605 g/mol. The van der Waals surface area contributed by atoms with Gasteiger partial charge in [0.05, 0.1) is 11.6 Å². The maximum absolute atomic E-state index is 13.8. The molecule has 0 spiro atoms. The van der Waals surface area contributed by atoms with E-state index in [-0.39, 0.29) is 31.0 Å². The standard InChI is InChI=1S/C35H35N5O5/c41-31(35(45)37-22-24-12-5-2-6-13-24)29(21-26-15-9-19-36-32(26)42)39-34(44)30(20-23-10-3-1-4-11-23)40-33(43)28-18-17-25-14-7-8-16-27(25)38-28/h1-8,10-14,16-18,26,29-30H,9,15,19-22H2,(H,36,42)(H,37,45)(H,39,44)(H,40,43)/t26-,29-,30-/m0/s1. The maximum Gasteiger partial charge on any atom is 0.289 e. The Morgan fingerprint density at radius 3 is 2.22 bits per heavy atom. The van der Waals surface area contributed by atoms with E-state index in [9.17, 15) is 24.0 Å². The number of nitrogens with one attached hydrogen (secondary N) is 4. The lowest BCUT2D eigenvalue weighted by molar-refractivity contribution is -0.141. The minimum atomic E-state index is -1.28. The van der Waals surface area contributed by atoms with Crippen LogP contribution < -0.4 is 21.3 Å². The van der Waals surface area contributed by atoms with Gasteiger partial charge in [-0.1, -0.05) is 84.9 Å². The lowest BCUT2D eigenvalue weighted by atomic mass is 9.89. The van der Waals surface area contributed by atoms with E-state index in [4.69, 9.17) is 0 Å². The van der Waals surface area contributed by atoms with Crippen LogP contribution >= 0.6 is 0 Å². The molecular formula is C35H35N5O5. The van der Waals surface area contributed by atoms with Crippen molar-refractivity contribution in [1.82, 2.24) is 26.3 Å². The van der Waals surface area contributed by atoms with E-state index in [1.807, 2.05) is 78.9 Å². The van der Waals surface area contributed by atoms with E-state index in [1.165, 1.54) is 0 Å². The Balaban J connectivity index is 1.36. The molecule has 0 bridgehead atoms. The van der Waals surface area contributed by atoms with E-state index in [2.05, 4.69) is 26.3 Å². The second-order valence-corrected chi connectivity index (χ2v) is 11.1. The highest BCUT2D eigenvalue weighted by molar-refractivity contribution is 6.38. The van der Waals surface area contributed by atoms with Crippen LogP contribution in [0.5, 0.6) is 0 Å². The van der Waals surface area contributed by atoms with Crippen LogP contribution in [0, 0.1) is 5.92 Å². The van der Waals surface area contributed by atoms with Crippen molar-refractivity contribution >= 4 is 40.3 Å². The van der Waals surface area contributed by atoms with E-state index >= 15 is 0 Å². The summed E-state index contributed by atoms with van der Waals surface area (Å²) in [5, 5.41) is 11.8. The molecule has 10 heteroatoms. The average Bonchev–Trinajstić information content (AvgIpc) is 3.07. The highest BCUT2D eigenvalue weighted by atomic mass is 16.2. The van der Waals surface area contributed by atoms with E-state index < -0.39 is 41.5 Å². The third kappa shape index (κ3) is 8.38. The van der Waals surface area contributed by atoms with Gasteiger partial charge in [0.15, 0.2) is 0 Å². The summed E-state index contributed by atoms with van der Waals surface area (Å²) in [4.78, 5) is 70.7. The molecule has 3 atom stereocenters. The fourth-order valence-electron chi connectivity index (χ4n) is 5.36. The minimum absolute atomic E-state index is 0.0482. The molecule has 1 aromatic heterocycles. The number of pyridine rings is 1. The Kier molecular flexibility index (Phi) is 10.3. The van der Waals surface area contributed by atoms with Crippen molar-refractivity contribution in [3.05, 3.63) is 114 Å². The van der Waals surface area contributed by atoms with Crippen LogP contribution in [-0.4, -0.2) is 53.0 Å². The number of carbonyl (C=O) groups excluding carboxylic acids is 5. The molecule has 1 fully saturated rings. The van der Waals surface area contributed by atoms with Crippen molar-refractivity contribution in [3.8, 4) is 0 Å². The Hall–Kier alpha value is -5.38.